The largest absolute Gasteiger partial charge is 0.342 e. The summed E-state index contributed by atoms with van der Waals surface area (Å²) in [6.45, 7) is 0.133. The van der Waals surface area contributed by atoms with Crippen molar-refractivity contribution in [2.24, 2.45) is 0 Å². The molecule has 9 nitrogen and oxygen atoms in total. The van der Waals surface area contributed by atoms with Gasteiger partial charge in [-0.05, 0) is 35.9 Å². The van der Waals surface area contributed by atoms with Gasteiger partial charge in [0.1, 0.15) is 23.2 Å². The average molecular weight is 513 g/mol. The molecule has 4 aromatic rings. The number of hydrazine groups is 2. The summed E-state index contributed by atoms with van der Waals surface area (Å²) in [5.74, 6) is -3.45. The van der Waals surface area contributed by atoms with E-state index in [1.807, 2.05) is 24.3 Å². The van der Waals surface area contributed by atoms with Crippen molar-refractivity contribution < 1.29 is 23.4 Å². The lowest BCUT2D eigenvalue weighted by molar-refractivity contribution is -0.113. The molecule has 3 N–H and O–H groups in total. The van der Waals surface area contributed by atoms with Crippen LogP contribution >= 0.6 is 0 Å². The van der Waals surface area contributed by atoms with Gasteiger partial charge in [-0.1, -0.05) is 18.2 Å². The van der Waals surface area contributed by atoms with Crippen LogP contribution in [0.15, 0.2) is 84.3 Å². The lowest BCUT2D eigenvalue weighted by Crippen LogP contribution is -2.35. The molecule has 0 atom stereocenters. The minimum Gasteiger partial charge on any atom is -0.342 e. The van der Waals surface area contributed by atoms with Gasteiger partial charge < -0.3 is 15.3 Å². The van der Waals surface area contributed by atoms with Gasteiger partial charge in [0.2, 0.25) is 5.91 Å². The highest BCUT2D eigenvalue weighted by molar-refractivity contribution is 7.92. The first-order valence-corrected chi connectivity index (χ1v) is 12.4. The van der Waals surface area contributed by atoms with Gasteiger partial charge in [0.25, 0.3) is 0 Å². The molecule has 0 aliphatic carbocycles. The first-order valence-electron chi connectivity index (χ1n) is 10.8. The van der Waals surface area contributed by atoms with Crippen LogP contribution in [-0.4, -0.2) is 29.6 Å². The number of halogens is 2. The summed E-state index contributed by atoms with van der Waals surface area (Å²) in [4.78, 5) is 16.0. The first kappa shape index (κ1) is 23.5. The zero-order valence-corrected chi connectivity index (χ0v) is 19.5. The van der Waals surface area contributed by atoms with Crippen LogP contribution in [0, 0.1) is 11.6 Å². The van der Waals surface area contributed by atoms with Gasteiger partial charge in [-0.2, -0.15) is 0 Å². The van der Waals surface area contributed by atoms with Crippen molar-refractivity contribution in [2.45, 2.75) is 11.4 Å². The number of anilines is 2. The van der Waals surface area contributed by atoms with E-state index in [1.165, 1.54) is 23.0 Å². The van der Waals surface area contributed by atoms with Crippen molar-refractivity contribution >= 4 is 38.2 Å². The maximum Gasteiger partial charge on any atom is 0.241 e. The highest BCUT2D eigenvalue weighted by atomic mass is 32.2. The van der Waals surface area contributed by atoms with Gasteiger partial charge in [0, 0.05) is 38.8 Å². The Labute approximate surface area is 206 Å². The summed E-state index contributed by atoms with van der Waals surface area (Å²) in [5, 5.41) is 3.87. The van der Waals surface area contributed by atoms with Crippen molar-refractivity contribution in [3.8, 4) is 0 Å². The summed E-state index contributed by atoms with van der Waals surface area (Å²) >= 11 is 0. The minimum absolute atomic E-state index is 0. The predicted octanol–water partition coefficient (Wildman–Crippen LogP) is 3.32. The number of pyridine rings is 1. The Bertz CT molecular complexity index is 1600. The number of nitrogens with zero attached hydrogens (tertiary/aromatic N) is 3. The van der Waals surface area contributed by atoms with Crippen molar-refractivity contribution in [3.05, 3.63) is 96.6 Å². The number of carbonyl (C=O) groups excluding carboxylic acids is 1. The van der Waals surface area contributed by atoms with E-state index < -0.39 is 38.0 Å². The molecule has 0 radical (unpaired) electrons. The number of hydrogen-bond acceptors (Lipinski definition) is 7. The van der Waals surface area contributed by atoms with Crippen LogP contribution < -0.4 is 21.3 Å². The van der Waals surface area contributed by atoms with E-state index in [9.17, 15) is 22.0 Å². The smallest absolute Gasteiger partial charge is 0.241 e. The molecule has 0 bridgehead atoms. The standard InChI is InChI=1S/C24H20F2N6O3S.H2/c25-17-11-19(26)24-20(12-17)31(13-16-4-3-5-18(10-16)32-9-8-28-30-32)14-21(24)36(34,35)15-23(33)29-22-6-1-2-7-27-22;/h1-12,14,28,30H,13,15H2,(H,27,29,33);1H. The average Bonchev–Trinajstić information content (AvgIpc) is 3.49. The molecule has 0 unspecified atom stereocenters. The Balaban J connectivity index is 0.00000320. The fourth-order valence-corrected chi connectivity index (χ4v) is 5.32. The third kappa shape index (κ3) is 4.76. The van der Waals surface area contributed by atoms with E-state index in [2.05, 4.69) is 21.3 Å². The molecule has 36 heavy (non-hydrogen) atoms. The Morgan fingerprint density at radius 2 is 1.97 bits per heavy atom. The molecule has 0 saturated heterocycles. The van der Waals surface area contributed by atoms with Crippen molar-refractivity contribution in [1.29, 1.82) is 0 Å². The number of benzene rings is 2. The van der Waals surface area contributed by atoms with Gasteiger partial charge in [-0.25, -0.2) is 22.2 Å². The Morgan fingerprint density at radius 1 is 1.11 bits per heavy atom. The maximum absolute atomic E-state index is 14.9. The zero-order valence-electron chi connectivity index (χ0n) is 18.7. The van der Waals surface area contributed by atoms with E-state index in [4.69, 9.17) is 0 Å². The van der Waals surface area contributed by atoms with Crippen molar-refractivity contribution in [3.63, 3.8) is 0 Å². The number of aromatic nitrogens is 2. The molecule has 2 aromatic carbocycles. The second-order valence-corrected chi connectivity index (χ2v) is 10.00. The molecule has 1 aliphatic rings. The summed E-state index contributed by atoms with van der Waals surface area (Å²) in [6, 6.07) is 13.8. The number of hydrogen-bond donors (Lipinski definition) is 3. The normalized spacial score (nSPS) is 13.2. The molecular formula is C24H22F2N6O3S. The van der Waals surface area contributed by atoms with Crippen LogP contribution in [0.2, 0.25) is 0 Å². The van der Waals surface area contributed by atoms with Crippen LogP contribution in [0.3, 0.4) is 0 Å². The van der Waals surface area contributed by atoms with Gasteiger partial charge in [-0.3, -0.25) is 9.80 Å². The van der Waals surface area contributed by atoms with Gasteiger partial charge in [0.05, 0.1) is 21.5 Å². The van der Waals surface area contributed by atoms with Crippen molar-refractivity contribution in [1.82, 2.24) is 20.5 Å². The number of sulfone groups is 1. The van der Waals surface area contributed by atoms with Gasteiger partial charge >= 0.3 is 0 Å². The molecular weight excluding hydrogens is 490 g/mol. The molecule has 12 heteroatoms. The van der Waals surface area contributed by atoms with Crippen LogP contribution in [0.4, 0.5) is 20.3 Å². The Hall–Kier alpha value is -4.29. The zero-order chi connectivity index (χ0) is 25.3. The molecule has 0 spiro atoms. The maximum atomic E-state index is 14.9. The number of fused-ring (bicyclic) bond motifs is 1. The number of rotatable bonds is 7. The topological polar surface area (TPSA) is 108 Å². The van der Waals surface area contributed by atoms with E-state index in [0.29, 0.717) is 6.07 Å². The fourth-order valence-electron chi connectivity index (χ4n) is 3.95. The number of amides is 1. The molecule has 0 fully saturated rings. The quantitative estimate of drug-likeness (QED) is 0.349. The van der Waals surface area contributed by atoms with Crippen LogP contribution in [-0.2, 0) is 21.2 Å². The fraction of sp³-hybridized carbons (Fsp3) is 0.0833. The van der Waals surface area contributed by atoms with E-state index >= 15 is 0 Å². The van der Waals surface area contributed by atoms with E-state index in [-0.39, 0.29) is 24.7 Å². The van der Waals surface area contributed by atoms with E-state index in [0.717, 1.165) is 17.3 Å². The molecule has 3 heterocycles. The number of carbonyl (C=O) groups is 1. The third-order valence-electron chi connectivity index (χ3n) is 5.49. The minimum atomic E-state index is -4.29. The SMILES string of the molecule is O=C(CS(=O)(=O)c1cn(Cc2cccc(N3C=CNN3)c2)c2cc(F)cc(F)c12)Nc1ccccn1.[HH]. The second-order valence-electron chi connectivity index (χ2n) is 8.04. The third-order valence-corrected chi connectivity index (χ3v) is 7.11. The highest BCUT2D eigenvalue weighted by Gasteiger charge is 2.27. The first-order chi connectivity index (χ1) is 17.3. The van der Waals surface area contributed by atoms with E-state index in [1.54, 1.807) is 29.5 Å². The van der Waals surface area contributed by atoms with Crippen LogP contribution in [0.5, 0.6) is 0 Å². The highest BCUT2D eigenvalue weighted by Crippen LogP contribution is 2.31. The molecule has 0 saturated carbocycles. The Kier molecular flexibility index (Phi) is 6.12. The summed E-state index contributed by atoms with van der Waals surface area (Å²) < 4.78 is 56.9. The van der Waals surface area contributed by atoms with Crippen LogP contribution in [0.25, 0.3) is 10.9 Å². The Morgan fingerprint density at radius 3 is 2.72 bits per heavy atom. The lowest BCUT2D eigenvalue weighted by Gasteiger charge is -2.16. The summed E-state index contributed by atoms with van der Waals surface area (Å²) in [7, 11) is -4.29. The van der Waals surface area contributed by atoms with Crippen molar-refractivity contribution in [2.75, 3.05) is 16.1 Å². The predicted molar refractivity (Wildman–Crippen MR) is 132 cm³/mol. The summed E-state index contributed by atoms with van der Waals surface area (Å²) in [5.41, 5.74) is 7.35. The molecule has 186 valence electrons. The monoisotopic (exact) mass is 512 g/mol. The molecule has 5 rings (SSSR count). The van der Waals surface area contributed by atoms with Gasteiger partial charge in [-0.15, -0.1) is 5.53 Å². The molecule has 2 aromatic heterocycles. The second kappa shape index (κ2) is 9.40. The van der Waals surface area contributed by atoms with Gasteiger partial charge in [0.15, 0.2) is 9.84 Å². The molecule has 1 aliphatic heterocycles. The van der Waals surface area contributed by atoms with Crippen LogP contribution in [0.1, 0.15) is 6.99 Å². The lowest BCUT2D eigenvalue weighted by atomic mass is 10.2. The molecule has 1 amide bonds. The number of nitrogens with one attached hydrogen (secondary N) is 3. The summed E-state index contributed by atoms with van der Waals surface area (Å²) in [6.07, 6.45) is 6.16.